The van der Waals surface area contributed by atoms with E-state index in [0.29, 0.717) is 0 Å². The lowest BCUT2D eigenvalue weighted by Gasteiger charge is -2.15. The zero-order valence-corrected chi connectivity index (χ0v) is 6.96. The van der Waals surface area contributed by atoms with Gasteiger partial charge in [-0.25, -0.2) is 17.6 Å². The molecule has 1 rings (SSSR count). The van der Waals surface area contributed by atoms with Crippen molar-refractivity contribution in [2.24, 2.45) is 11.8 Å². The third-order valence-electron chi connectivity index (χ3n) is 1.96. The number of nitrogens with one attached hydrogen (secondary N) is 1. The van der Waals surface area contributed by atoms with Crippen LogP contribution in [0.5, 0.6) is 0 Å². The number of halogens is 5. The Hall–Kier alpha value is -0.0300. The molecule has 6 heteroatoms. The largest absolute Gasteiger partial charge is 0.316 e. The van der Waals surface area contributed by atoms with Gasteiger partial charge in [0.05, 0.1) is 0 Å². The molecule has 74 valence electrons. The molecule has 0 aliphatic carbocycles. The molecule has 2 atom stereocenters. The Morgan fingerprint density at radius 1 is 0.917 bits per heavy atom. The lowest BCUT2D eigenvalue weighted by molar-refractivity contribution is -0.00152. The van der Waals surface area contributed by atoms with Crippen molar-refractivity contribution in [2.75, 3.05) is 13.1 Å². The fraction of sp³-hybridized carbons (Fsp3) is 1.00. The van der Waals surface area contributed by atoms with Crippen molar-refractivity contribution in [3.8, 4) is 0 Å². The van der Waals surface area contributed by atoms with Crippen molar-refractivity contribution in [3.05, 3.63) is 0 Å². The van der Waals surface area contributed by atoms with Crippen molar-refractivity contribution in [1.82, 2.24) is 5.32 Å². The minimum absolute atomic E-state index is 0. The van der Waals surface area contributed by atoms with E-state index in [1.807, 2.05) is 0 Å². The van der Waals surface area contributed by atoms with Gasteiger partial charge in [0.2, 0.25) is 12.9 Å². The molecule has 0 amide bonds. The fourth-order valence-corrected chi connectivity index (χ4v) is 1.27. The molecule has 1 aliphatic heterocycles. The second kappa shape index (κ2) is 4.87. The summed E-state index contributed by atoms with van der Waals surface area (Å²) in [5.74, 6) is -2.34. The van der Waals surface area contributed by atoms with Gasteiger partial charge in [-0.05, 0) is 0 Å². The molecule has 0 aromatic heterocycles. The lowest BCUT2D eigenvalue weighted by Crippen LogP contribution is -2.25. The molecule has 1 heterocycles. The van der Waals surface area contributed by atoms with Gasteiger partial charge in [-0.3, -0.25) is 0 Å². The average molecular weight is 208 g/mol. The van der Waals surface area contributed by atoms with Crippen LogP contribution in [0.25, 0.3) is 0 Å². The number of rotatable bonds is 2. The Kier molecular flexibility index (Phi) is 4.85. The van der Waals surface area contributed by atoms with Crippen molar-refractivity contribution >= 4 is 12.4 Å². The summed E-state index contributed by atoms with van der Waals surface area (Å²) in [6.45, 7) is 0.0132. The molecule has 1 fully saturated rings. The van der Waals surface area contributed by atoms with Crippen molar-refractivity contribution < 1.29 is 17.6 Å². The molecule has 0 spiro atoms. The summed E-state index contributed by atoms with van der Waals surface area (Å²) in [4.78, 5) is 0. The molecular formula is C6H10ClF4N. The summed E-state index contributed by atoms with van der Waals surface area (Å²) < 4.78 is 47.9. The molecule has 0 bridgehead atoms. The normalized spacial score (nSPS) is 29.5. The average Bonchev–Trinajstić information content (AvgIpc) is 2.32. The van der Waals surface area contributed by atoms with Gasteiger partial charge >= 0.3 is 0 Å². The smallest absolute Gasteiger partial charge is 0.243 e. The van der Waals surface area contributed by atoms with E-state index in [0.717, 1.165) is 0 Å². The van der Waals surface area contributed by atoms with Gasteiger partial charge in [-0.15, -0.1) is 12.4 Å². The third-order valence-corrected chi connectivity index (χ3v) is 1.96. The quantitative estimate of drug-likeness (QED) is 0.681. The molecule has 0 aromatic rings. The second-order valence-electron chi connectivity index (χ2n) is 2.65. The first-order chi connectivity index (χ1) is 5.13. The van der Waals surface area contributed by atoms with E-state index < -0.39 is 24.7 Å². The highest BCUT2D eigenvalue weighted by Gasteiger charge is 2.39. The second-order valence-corrected chi connectivity index (χ2v) is 2.65. The summed E-state index contributed by atoms with van der Waals surface area (Å²) in [5.41, 5.74) is 0. The van der Waals surface area contributed by atoms with Crippen molar-refractivity contribution in [1.29, 1.82) is 0 Å². The highest BCUT2D eigenvalue weighted by atomic mass is 35.5. The van der Waals surface area contributed by atoms with Gasteiger partial charge in [0.25, 0.3) is 0 Å². The van der Waals surface area contributed by atoms with Gasteiger partial charge < -0.3 is 5.32 Å². The Bertz CT molecular complexity index is 119. The van der Waals surface area contributed by atoms with E-state index in [9.17, 15) is 17.6 Å². The van der Waals surface area contributed by atoms with Crippen LogP contribution >= 0.6 is 12.4 Å². The third kappa shape index (κ3) is 2.48. The van der Waals surface area contributed by atoms with E-state index in [1.54, 1.807) is 0 Å². The first kappa shape index (κ1) is 12.0. The molecule has 0 saturated carbocycles. The van der Waals surface area contributed by atoms with Crippen LogP contribution in [-0.2, 0) is 0 Å². The standard InChI is InChI=1S/C6H9F4N.ClH/c7-5(8)3-1-11-2-4(3)6(9)10;/h3-6,11H,1-2H2;1H/t3-,4+;. The molecule has 0 aromatic carbocycles. The van der Waals surface area contributed by atoms with Crippen LogP contribution in [-0.4, -0.2) is 25.9 Å². The zero-order valence-electron chi connectivity index (χ0n) is 6.14. The summed E-state index contributed by atoms with van der Waals surface area (Å²) >= 11 is 0. The predicted octanol–water partition coefficient (Wildman–Crippen LogP) is 1.77. The van der Waals surface area contributed by atoms with Crippen LogP contribution in [0.3, 0.4) is 0 Å². The lowest BCUT2D eigenvalue weighted by atomic mass is 9.97. The maximum atomic E-state index is 12.0. The van der Waals surface area contributed by atoms with Gasteiger partial charge in [-0.2, -0.15) is 0 Å². The van der Waals surface area contributed by atoms with Crippen molar-refractivity contribution in [2.45, 2.75) is 12.9 Å². The van der Waals surface area contributed by atoms with E-state index in [-0.39, 0.29) is 25.5 Å². The summed E-state index contributed by atoms with van der Waals surface area (Å²) in [7, 11) is 0. The molecule has 0 unspecified atom stereocenters. The van der Waals surface area contributed by atoms with Crippen LogP contribution < -0.4 is 5.32 Å². The van der Waals surface area contributed by atoms with Crippen LogP contribution in [0, 0.1) is 11.8 Å². The maximum Gasteiger partial charge on any atom is 0.243 e. The van der Waals surface area contributed by atoms with Gasteiger partial charge in [-0.1, -0.05) is 0 Å². The fourth-order valence-electron chi connectivity index (χ4n) is 1.27. The summed E-state index contributed by atoms with van der Waals surface area (Å²) in [6.07, 6.45) is -5.27. The SMILES string of the molecule is Cl.FC(F)[C@H]1CNC[C@H]1C(F)F. The Labute approximate surface area is 73.9 Å². The molecule has 1 aliphatic rings. The molecule has 12 heavy (non-hydrogen) atoms. The molecule has 1 saturated heterocycles. The first-order valence-electron chi connectivity index (χ1n) is 3.40. The first-order valence-corrected chi connectivity index (χ1v) is 3.40. The topological polar surface area (TPSA) is 12.0 Å². The Balaban J connectivity index is 0.00000121. The minimum Gasteiger partial charge on any atom is -0.316 e. The van der Waals surface area contributed by atoms with Crippen LogP contribution in [0.2, 0.25) is 0 Å². The van der Waals surface area contributed by atoms with Crippen LogP contribution in [0.4, 0.5) is 17.6 Å². The Morgan fingerprint density at radius 3 is 1.50 bits per heavy atom. The number of hydrogen-bond donors (Lipinski definition) is 1. The molecule has 1 N–H and O–H groups in total. The highest BCUT2D eigenvalue weighted by molar-refractivity contribution is 5.85. The molecule has 1 nitrogen and oxygen atoms in total. The maximum absolute atomic E-state index is 12.0. The number of alkyl halides is 4. The van der Waals surface area contributed by atoms with Crippen LogP contribution in [0.15, 0.2) is 0 Å². The van der Waals surface area contributed by atoms with Crippen LogP contribution in [0.1, 0.15) is 0 Å². The number of hydrogen-bond acceptors (Lipinski definition) is 1. The summed E-state index contributed by atoms with van der Waals surface area (Å²) in [6, 6.07) is 0. The molecule has 0 radical (unpaired) electrons. The van der Waals surface area contributed by atoms with Crippen molar-refractivity contribution in [3.63, 3.8) is 0 Å². The monoisotopic (exact) mass is 207 g/mol. The van der Waals surface area contributed by atoms with Gasteiger partial charge in [0.15, 0.2) is 0 Å². The zero-order chi connectivity index (χ0) is 8.43. The Morgan fingerprint density at radius 2 is 1.25 bits per heavy atom. The van der Waals surface area contributed by atoms with Gasteiger partial charge in [0, 0.05) is 24.9 Å². The summed E-state index contributed by atoms with van der Waals surface area (Å²) in [5, 5.41) is 2.53. The van der Waals surface area contributed by atoms with E-state index >= 15 is 0 Å². The van der Waals surface area contributed by atoms with E-state index in [2.05, 4.69) is 5.32 Å². The highest BCUT2D eigenvalue weighted by Crippen LogP contribution is 2.28. The van der Waals surface area contributed by atoms with E-state index in [1.165, 1.54) is 0 Å². The van der Waals surface area contributed by atoms with Gasteiger partial charge in [0.1, 0.15) is 0 Å². The van der Waals surface area contributed by atoms with E-state index in [4.69, 9.17) is 0 Å². The molecular weight excluding hydrogens is 198 g/mol. The minimum atomic E-state index is -2.64. The predicted molar refractivity (Wildman–Crippen MR) is 39.1 cm³/mol.